The van der Waals surface area contributed by atoms with E-state index in [0.29, 0.717) is 10.6 Å². The van der Waals surface area contributed by atoms with Crippen LogP contribution in [0.4, 0.5) is 22.8 Å². The van der Waals surface area contributed by atoms with Gasteiger partial charge in [0.05, 0.1) is 6.54 Å². The van der Waals surface area contributed by atoms with Gasteiger partial charge in [0, 0.05) is 6.42 Å². The number of hydrogen-bond donors (Lipinski definition) is 3. The summed E-state index contributed by atoms with van der Waals surface area (Å²) >= 11 is 0. The summed E-state index contributed by atoms with van der Waals surface area (Å²) in [5.41, 5.74) is 7.78. The Hall–Kier alpha value is -3.51. The van der Waals surface area contributed by atoms with E-state index in [4.69, 9.17) is 10.5 Å². The molecule has 0 aliphatic carbocycles. The molecule has 0 bridgehead atoms. The third-order valence-corrected chi connectivity index (χ3v) is 3.94. The molecule has 0 fully saturated rings. The number of ether oxygens (including phenoxy) is 2. The molecule has 4 amide bonds. The number of carbonyl (C=O) groups is 4. The van der Waals surface area contributed by atoms with Gasteiger partial charge in [0.2, 0.25) is 5.91 Å². The molecule has 0 saturated carbocycles. The van der Waals surface area contributed by atoms with Gasteiger partial charge in [0.25, 0.3) is 5.91 Å². The minimum Gasteiger partial charge on any atom is -0.445 e. The second-order valence-electron chi connectivity index (χ2n) is 7.40. The summed E-state index contributed by atoms with van der Waals surface area (Å²) in [5.74, 6) is -1.88. The molecule has 0 unspecified atom stereocenters. The van der Waals surface area contributed by atoms with Crippen molar-refractivity contribution in [3.8, 4) is 0 Å². The van der Waals surface area contributed by atoms with Gasteiger partial charge in [0.1, 0.15) is 12.6 Å². The Labute approximate surface area is 188 Å². The predicted octanol–water partition coefficient (Wildman–Crippen LogP) is 2.23. The lowest BCUT2D eigenvalue weighted by Gasteiger charge is -2.26. The van der Waals surface area contributed by atoms with E-state index in [1.54, 1.807) is 44.2 Å². The van der Waals surface area contributed by atoms with Gasteiger partial charge in [-0.3, -0.25) is 15.0 Å². The van der Waals surface area contributed by atoms with Crippen LogP contribution < -0.4 is 16.5 Å². The van der Waals surface area contributed by atoms with Crippen LogP contribution in [0.5, 0.6) is 0 Å². The molecule has 1 aromatic carbocycles. The quantitative estimate of drug-likeness (QED) is 0.443. The number of halogens is 3. The van der Waals surface area contributed by atoms with Crippen molar-refractivity contribution in [2.75, 3.05) is 13.2 Å². The summed E-state index contributed by atoms with van der Waals surface area (Å²) in [7, 11) is 0. The van der Waals surface area contributed by atoms with Crippen molar-refractivity contribution < 1.29 is 41.8 Å². The second kappa shape index (κ2) is 13.1. The van der Waals surface area contributed by atoms with E-state index in [1.165, 1.54) is 0 Å². The summed E-state index contributed by atoms with van der Waals surface area (Å²) in [4.78, 5) is 47.8. The minimum absolute atomic E-state index is 0.0583. The summed E-state index contributed by atoms with van der Waals surface area (Å²) in [6.45, 7) is 1.04. The maximum atomic E-state index is 12.7. The summed E-state index contributed by atoms with van der Waals surface area (Å²) in [6, 6.07) is 7.56. The zero-order valence-corrected chi connectivity index (χ0v) is 18.2. The van der Waals surface area contributed by atoms with Crippen LogP contribution in [0.15, 0.2) is 30.3 Å². The van der Waals surface area contributed by atoms with Crippen molar-refractivity contribution >= 4 is 24.0 Å². The Kier molecular flexibility index (Phi) is 11.0. The number of hydrogen-bond acceptors (Lipinski definition) is 6. The normalized spacial score (nSPS) is 11.9. The first-order valence-electron chi connectivity index (χ1n) is 9.94. The first-order valence-corrected chi connectivity index (χ1v) is 9.94. The molecule has 0 saturated heterocycles. The Balaban J connectivity index is 2.81. The Bertz CT molecular complexity index is 805. The molecule has 1 aromatic rings. The monoisotopic (exact) mass is 476 g/mol. The van der Waals surface area contributed by atoms with Crippen molar-refractivity contribution in [1.82, 2.24) is 15.8 Å². The molecule has 0 radical (unpaired) electrons. The van der Waals surface area contributed by atoms with Gasteiger partial charge in [-0.05, 0) is 17.9 Å². The molecule has 0 aliphatic heterocycles. The molecular weight excluding hydrogens is 449 g/mol. The molecule has 0 aliphatic rings. The van der Waals surface area contributed by atoms with E-state index in [0.717, 1.165) is 0 Å². The summed E-state index contributed by atoms with van der Waals surface area (Å²) in [5, 5.41) is 2.75. The van der Waals surface area contributed by atoms with Crippen molar-refractivity contribution in [3.05, 3.63) is 35.9 Å². The fourth-order valence-electron chi connectivity index (χ4n) is 2.46. The molecule has 0 aromatic heterocycles. The highest BCUT2D eigenvalue weighted by molar-refractivity contribution is 5.87. The Morgan fingerprint density at radius 2 is 1.73 bits per heavy atom. The standard InChI is InChI=1S/C20H27F3N4O6/c1-13(2)10-15(25-18(30)32-11-14-6-4-3-5-7-14)17(29)26-27(9-8-16(24)28)19(31)33-12-20(21,22)23/h3-7,13,15H,8-12H2,1-2H3,(H2,24,28)(H,25,30)(H,26,29)/t15-/m0/s1. The summed E-state index contributed by atoms with van der Waals surface area (Å²) in [6.07, 6.45) is -7.59. The van der Waals surface area contributed by atoms with Crippen LogP contribution in [-0.4, -0.2) is 54.4 Å². The number of hydrazine groups is 1. The van der Waals surface area contributed by atoms with Crippen LogP contribution in [-0.2, 0) is 25.7 Å². The first kappa shape index (κ1) is 27.5. The fourth-order valence-corrected chi connectivity index (χ4v) is 2.46. The molecule has 1 rings (SSSR count). The van der Waals surface area contributed by atoms with Gasteiger partial charge in [-0.2, -0.15) is 13.2 Å². The number of carbonyl (C=O) groups excluding carboxylic acids is 4. The number of benzene rings is 1. The van der Waals surface area contributed by atoms with Gasteiger partial charge in [0.15, 0.2) is 6.61 Å². The van der Waals surface area contributed by atoms with E-state index in [-0.39, 0.29) is 18.9 Å². The molecular formula is C20H27F3N4O6. The highest BCUT2D eigenvalue weighted by Crippen LogP contribution is 2.15. The SMILES string of the molecule is CC(C)C[C@H](NC(=O)OCc1ccccc1)C(=O)NN(CCC(N)=O)C(=O)OCC(F)(F)F. The number of nitrogens with zero attached hydrogens (tertiary/aromatic N) is 1. The third kappa shape index (κ3) is 12.2. The van der Waals surface area contributed by atoms with Crippen molar-refractivity contribution in [1.29, 1.82) is 0 Å². The third-order valence-electron chi connectivity index (χ3n) is 3.94. The lowest BCUT2D eigenvalue weighted by atomic mass is 10.0. The van der Waals surface area contributed by atoms with Gasteiger partial charge >= 0.3 is 18.4 Å². The van der Waals surface area contributed by atoms with E-state index in [2.05, 4.69) is 15.5 Å². The van der Waals surface area contributed by atoms with Gasteiger partial charge in [-0.15, -0.1) is 0 Å². The maximum absolute atomic E-state index is 12.7. The Morgan fingerprint density at radius 3 is 2.27 bits per heavy atom. The molecule has 0 heterocycles. The number of primary amides is 1. The average molecular weight is 476 g/mol. The van der Waals surface area contributed by atoms with Gasteiger partial charge in [-0.25, -0.2) is 14.6 Å². The van der Waals surface area contributed by atoms with Crippen molar-refractivity contribution in [2.45, 2.75) is 45.5 Å². The van der Waals surface area contributed by atoms with Crippen molar-refractivity contribution in [3.63, 3.8) is 0 Å². The van der Waals surface area contributed by atoms with Crippen molar-refractivity contribution in [2.24, 2.45) is 11.7 Å². The number of amides is 4. The summed E-state index contributed by atoms with van der Waals surface area (Å²) < 4.78 is 46.2. The van der Waals surface area contributed by atoms with Gasteiger partial charge in [-0.1, -0.05) is 44.2 Å². The number of alkyl halides is 3. The zero-order valence-electron chi connectivity index (χ0n) is 18.2. The van der Waals surface area contributed by atoms with E-state index >= 15 is 0 Å². The number of nitrogens with two attached hydrogens (primary N) is 1. The Morgan fingerprint density at radius 1 is 1.09 bits per heavy atom. The number of rotatable bonds is 10. The lowest BCUT2D eigenvalue weighted by molar-refractivity contribution is -0.163. The largest absolute Gasteiger partial charge is 0.445 e. The number of alkyl carbamates (subject to hydrolysis) is 1. The van der Waals surface area contributed by atoms with Crippen LogP contribution in [0.3, 0.4) is 0 Å². The average Bonchev–Trinajstić information content (AvgIpc) is 2.72. The van der Waals surface area contributed by atoms with Crippen LogP contribution >= 0.6 is 0 Å². The molecule has 1 atom stereocenters. The van der Waals surface area contributed by atoms with E-state index < -0.39 is 55.8 Å². The molecule has 33 heavy (non-hydrogen) atoms. The molecule has 13 heteroatoms. The van der Waals surface area contributed by atoms with Crippen LogP contribution in [0.25, 0.3) is 0 Å². The van der Waals surface area contributed by atoms with Crippen LogP contribution in [0.2, 0.25) is 0 Å². The molecule has 184 valence electrons. The molecule has 0 spiro atoms. The lowest BCUT2D eigenvalue weighted by Crippen LogP contribution is -2.55. The smallest absolute Gasteiger partial charge is 0.429 e. The zero-order chi connectivity index (χ0) is 25.0. The second-order valence-corrected chi connectivity index (χ2v) is 7.40. The number of nitrogens with one attached hydrogen (secondary N) is 2. The highest BCUT2D eigenvalue weighted by Gasteiger charge is 2.32. The highest BCUT2D eigenvalue weighted by atomic mass is 19.4. The molecule has 4 N–H and O–H groups in total. The fraction of sp³-hybridized carbons (Fsp3) is 0.500. The van der Waals surface area contributed by atoms with E-state index in [9.17, 15) is 32.3 Å². The van der Waals surface area contributed by atoms with E-state index in [1.807, 2.05) is 0 Å². The first-order chi connectivity index (χ1) is 15.4. The van der Waals surface area contributed by atoms with Crippen LogP contribution in [0.1, 0.15) is 32.3 Å². The van der Waals surface area contributed by atoms with Crippen LogP contribution in [0, 0.1) is 5.92 Å². The maximum Gasteiger partial charge on any atom is 0.429 e. The van der Waals surface area contributed by atoms with Gasteiger partial charge < -0.3 is 20.5 Å². The molecule has 10 nitrogen and oxygen atoms in total. The predicted molar refractivity (Wildman–Crippen MR) is 109 cm³/mol. The minimum atomic E-state index is -4.79. The topological polar surface area (TPSA) is 140 Å².